The van der Waals surface area contributed by atoms with Gasteiger partial charge in [0.15, 0.2) is 0 Å². The molecule has 5 nitrogen and oxygen atoms in total. The van der Waals surface area contributed by atoms with Gasteiger partial charge in [0.2, 0.25) is 11.8 Å². The highest BCUT2D eigenvalue weighted by atomic mass is 16.5. The molecule has 2 fully saturated rings. The van der Waals surface area contributed by atoms with Crippen molar-refractivity contribution >= 4 is 17.8 Å². The molecule has 1 saturated carbocycles. The summed E-state index contributed by atoms with van der Waals surface area (Å²) >= 11 is 0. The van der Waals surface area contributed by atoms with Gasteiger partial charge in [-0.3, -0.25) is 19.3 Å². The first-order valence-corrected chi connectivity index (χ1v) is 9.72. The second kappa shape index (κ2) is 5.91. The van der Waals surface area contributed by atoms with Crippen molar-refractivity contribution in [3.8, 4) is 0 Å². The van der Waals surface area contributed by atoms with E-state index in [-0.39, 0.29) is 54.1 Å². The van der Waals surface area contributed by atoms with E-state index >= 15 is 0 Å². The van der Waals surface area contributed by atoms with Gasteiger partial charge in [-0.05, 0) is 64.0 Å². The first-order valence-electron chi connectivity index (χ1n) is 9.72. The lowest BCUT2D eigenvalue weighted by molar-refractivity contribution is -0.154. The molecular formula is C22H27NO4. The van der Waals surface area contributed by atoms with Crippen molar-refractivity contribution in [3.05, 3.63) is 34.4 Å². The van der Waals surface area contributed by atoms with E-state index in [1.165, 1.54) is 22.3 Å². The van der Waals surface area contributed by atoms with Crippen LogP contribution in [0.1, 0.15) is 41.0 Å². The predicted octanol–water partition coefficient (Wildman–Crippen LogP) is 3.03. The minimum atomic E-state index is -0.513. The zero-order valence-corrected chi connectivity index (χ0v) is 16.7. The number of likely N-dealkylation sites (tertiary alicyclic amines) is 1. The molecule has 0 aromatic heterocycles. The number of esters is 1. The molecule has 0 N–H and O–H groups in total. The number of hydrogen-bond donors (Lipinski definition) is 0. The van der Waals surface area contributed by atoms with Crippen LogP contribution in [0.5, 0.6) is 0 Å². The largest absolute Gasteiger partial charge is 0.463 e. The summed E-state index contributed by atoms with van der Waals surface area (Å²) in [5, 5.41) is 0. The average Bonchev–Trinajstić information content (AvgIpc) is 3.35. The Balaban J connectivity index is 1.41. The highest BCUT2D eigenvalue weighted by Gasteiger charge is 2.59. The molecule has 0 radical (unpaired) electrons. The van der Waals surface area contributed by atoms with Gasteiger partial charge in [-0.15, -0.1) is 0 Å². The number of imide groups is 1. The van der Waals surface area contributed by atoms with Crippen molar-refractivity contribution in [2.45, 2.75) is 41.0 Å². The fourth-order valence-electron chi connectivity index (χ4n) is 5.41. The number of hydrogen-bond acceptors (Lipinski definition) is 4. The third-order valence-corrected chi connectivity index (χ3v) is 7.71. The summed E-state index contributed by atoms with van der Waals surface area (Å²) < 4.78 is 5.55. The zero-order valence-electron chi connectivity index (χ0n) is 16.7. The second-order valence-electron chi connectivity index (χ2n) is 8.76. The van der Waals surface area contributed by atoms with Crippen molar-refractivity contribution in [2.24, 2.45) is 29.1 Å². The van der Waals surface area contributed by atoms with Gasteiger partial charge in [-0.2, -0.15) is 0 Å². The van der Waals surface area contributed by atoms with Gasteiger partial charge in [0.1, 0.15) is 13.2 Å². The quantitative estimate of drug-likeness (QED) is 0.434. The van der Waals surface area contributed by atoms with E-state index in [0.717, 1.165) is 11.3 Å². The van der Waals surface area contributed by atoms with Crippen LogP contribution in [0.15, 0.2) is 34.4 Å². The number of rotatable bonds is 4. The number of amides is 2. The van der Waals surface area contributed by atoms with Gasteiger partial charge < -0.3 is 4.74 Å². The molecule has 27 heavy (non-hydrogen) atoms. The third-order valence-electron chi connectivity index (χ3n) is 7.71. The summed E-state index contributed by atoms with van der Waals surface area (Å²) in [7, 11) is 0. The Labute approximate surface area is 160 Å². The molecular weight excluding hydrogens is 342 g/mol. The standard InChI is InChI=1S/C22H27NO4/c1-11-12(2)14(4)22(5,13(11)3)10-27-17(24)9-23-20(25)18-15-6-7-16(8-15)19(18)21(23)26/h6-7,15-16,18-19H,8-10H2,1-5H3/t15-,16+,18+,19-. The van der Waals surface area contributed by atoms with Crippen molar-refractivity contribution in [2.75, 3.05) is 13.2 Å². The number of allylic oxidation sites excluding steroid dienone is 4. The first kappa shape index (κ1) is 18.2. The molecule has 2 amide bonds. The maximum Gasteiger partial charge on any atom is 0.326 e. The Morgan fingerprint density at radius 1 is 1.04 bits per heavy atom. The average molecular weight is 369 g/mol. The minimum absolute atomic E-state index is 0.154. The molecule has 1 aliphatic heterocycles. The van der Waals surface area contributed by atoms with E-state index in [9.17, 15) is 14.4 Å². The first-order chi connectivity index (χ1) is 12.7. The molecule has 0 spiro atoms. The lowest BCUT2D eigenvalue weighted by atomic mass is 9.80. The molecule has 1 saturated heterocycles. The Hall–Kier alpha value is -2.17. The lowest BCUT2D eigenvalue weighted by Gasteiger charge is -2.29. The van der Waals surface area contributed by atoms with Crippen LogP contribution in [-0.4, -0.2) is 35.8 Å². The van der Waals surface area contributed by atoms with Gasteiger partial charge in [0, 0.05) is 5.41 Å². The van der Waals surface area contributed by atoms with E-state index < -0.39 is 5.97 Å². The molecule has 144 valence electrons. The maximum absolute atomic E-state index is 12.7. The van der Waals surface area contributed by atoms with Crippen molar-refractivity contribution in [1.82, 2.24) is 4.90 Å². The predicted molar refractivity (Wildman–Crippen MR) is 100 cm³/mol. The smallest absolute Gasteiger partial charge is 0.326 e. The van der Waals surface area contributed by atoms with Gasteiger partial charge >= 0.3 is 5.97 Å². The van der Waals surface area contributed by atoms with E-state index in [2.05, 4.69) is 46.8 Å². The van der Waals surface area contributed by atoms with Crippen LogP contribution < -0.4 is 0 Å². The molecule has 0 unspecified atom stereocenters. The van der Waals surface area contributed by atoms with Gasteiger partial charge in [-0.1, -0.05) is 23.3 Å². The normalized spacial score (nSPS) is 33.6. The third kappa shape index (κ3) is 2.40. The highest BCUT2D eigenvalue weighted by Crippen LogP contribution is 2.52. The fourth-order valence-corrected chi connectivity index (χ4v) is 5.41. The monoisotopic (exact) mass is 369 g/mol. The summed E-state index contributed by atoms with van der Waals surface area (Å²) in [6.07, 6.45) is 4.99. The van der Waals surface area contributed by atoms with E-state index in [0.29, 0.717) is 0 Å². The number of carbonyl (C=O) groups is 3. The number of ether oxygens (including phenoxy) is 1. The van der Waals surface area contributed by atoms with Crippen LogP contribution in [-0.2, 0) is 19.1 Å². The van der Waals surface area contributed by atoms with Gasteiger partial charge in [0.25, 0.3) is 0 Å². The summed E-state index contributed by atoms with van der Waals surface area (Å²) in [5.41, 5.74) is 4.58. The van der Waals surface area contributed by atoms with Gasteiger partial charge in [-0.25, -0.2) is 0 Å². The molecule has 0 aromatic carbocycles. The number of fused-ring (bicyclic) bond motifs is 5. The van der Waals surface area contributed by atoms with Crippen molar-refractivity contribution in [1.29, 1.82) is 0 Å². The molecule has 2 bridgehead atoms. The Morgan fingerprint density at radius 2 is 1.52 bits per heavy atom. The van der Waals surface area contributed by atoms with Crippen LogP contribution in [0.3, 0.4) is 0 Å². The van der Waals surface area contributed by atoms with E-state index in [1.807, 2.05) is 0 Å². The lowest BCUT2D eigenvalue weighted by Crippen LogP contribution is -2.39. The minimum Gasteiger partial charge on any atom is -0.463 e. The van der Waals surface area contributed by atoms with Crippen LogP contribution in [0, 0.1) is 29.1 Å². The van der Waals surface area contributed by atoms with Crippen LogP contribution in [0.4, 0.5) is 0 Å². The van der Waals surface area contributed by atoms with E-state index in [1.54, 1.807) is 0 Å². The summed E-state index contributed by atoms with van der Waals surface area (Å²) in [6, 6.07) is 0. The molecule has 4 rings (SSSR count). The molecule has 3 aliphatic carbocycles. The zero-order chi connectivity index (χ0) is 19.7. The SMILES string of the molecule is CC1=C(C)C(C)(COC(=O)CN2C(=O)[C@@H]3[C@H](C2=O)[C@H]2C=C[C@@H]3C2)C(C)=C1C. The topological polar surface area (TPSA) is 63.7 Å². The Kier molecular flexibility index (Phi) is 3.99. The summed E-state index contributed by atoms with van der Waals surface area (Å²) in [5.74, 6) is -1.15. The van der Waals surface area contributed by atoms with E-state index in [4.69, 9.17) is 4.74 Å². The summed E-state index contributed by atoms with van der Waals surface area (Å²) in [4.78, 5) is 38.9. The molecule has 5 heteroatoms. The van der Waals surface area contributed by atoms with Crippen LogP contribution >= 0.6 is 0 Å². The highest BCUT2D eigenvalue weighted by molar-refractivity contribution is 6.08. The number of carbonyl (C=O) groups excluding carboxylic acids is 3. The molecule has 4 atom stereocenters. The fraction of sp³-hybridized carbons (Fsp3) is 0.591. The molecule has 4 aliphatic rings. The van der Waals surface area contributed by atoms with Crippen LogP contribution in [0.25, 0.3) is 0 Å². The van der Waals surface area contributed by atoms with Gasteiger partial charge in [0.05, 0.1) is 11.8 Å². The summed E-state index contributed by atoms with van der Waals surface area (Å²) in [6.45, 7) is 10.3. The van der Waals surface area contributed by atoms with Crippen LogP contribution in [0.2, 0.25) is 0 Å². The molecule has 0 aromatic rings. The maximum atomic E-state index is 12.7. The Bertz CT molecular complexity index is 792. The Morgan fingerprint density at radius 3 is 2.00 bits per heavy atom. The van der Waals surface area contributed by atoms with Crippen molar-refractivity contribution in [3.63, 3.8) is 0 Å². The second-order valence-corrected chi connectivity index (χ2v) is 8.76. The number of nitrogens with zero attached hydrogens (tertiary/aromatic N) is 1. The molecule has 1 heterocycles. The van der Waals surface area contributed by atoms with Crippen molar-refractivity contribution < 1.29 is 19.1 Å².